The first-order valence-electron chi connectivity index (χ1n) is 9.13. The Balaban J connectivity index is 0.00000261. The van der Waals surface area contributed by atoms with Crippen molar-refractivity contribution in [3.05, 3.63) is 53.4 Å². The van der Waals surface area contributed by atoms with Crippen LogP contribution in [0.15, 0.2) is 46.1 Å². The van der Waals surface area contributed by atoms with Crippen LogP contribution in [0.2, 0.25) is 0 Å². The van der Waals surface area contributed by atoms with Crippen LogP contribution >= 0.6 is 24.0 Å². The van der Waals surface area contributed by atoms with Crippen molar-refractivity contribution in [1.29, 1.82) is 0 Å². The third kappa shape index (κ3) is 7.11. The summed E-state index contributed by atoms with van der Waals surface area (Å²) in [6.07, 6.45) is 1.57. The number of hydrogen-bond donors (Lipinski definition) is 2. The highest BCUT2D eigenvalue weighted by Gasteiger charge is 2.12. The van der Waals surface area contributed by atoms with Crippen molar-refractivity contribution in [1.82, 2.24) is 20.7 Å². The van der Waals surface area contributed by atoms with E-state index in [0.29, 0.717) is 13.1 Å². The summed E-state index contributed by atoms with van der Waals surface area (Å²) in [7, 11) is 0. The maximum Gasteiger partial charge on any atom is 0.191 e. The summed E-state index contributed by atoms with van der Waals surface area (Å²) in [6.45, 7) is 8.62. The normalized spacial score (nSPS) is 15.2. The van der Waals surface area contributed by atoms with Gasteiger partial charge in [-0.1, -0.05) is 29.4 Å². The molecule has 148 valence electrons. The van der Waals surface area contributed by atoms with Crippen LogP contribution in [0.25, 0.3) is 0 Å². The molecule has 0 unspecified atom stereocenters. The van der Waals surface area contributed by atoms with Crippen molar-refractivity contribution < 1.29 is 9.26 Å². The number of ether oxygens (including phenoxy) is 1. The van der Waals surface area contributed by atoms with E-state index in [0.717, 1.165) is 51.0 Å². The molecule has 3 rings (SSSR count). The SMILES string of the molecule is CCNC(=NCc1ccccc1CN1CCOCC1)NCc1ccon1.I. The summed E-state index contributed by atoms with van der Waals surface area (Å²) >= 11 is 0. The van der Waals surface area contributed by atoms with Crippen molar-refractivity contribution >= 4 is 29.9 Å². The smallest absolute Gasteiger partial charge is 0.191 e. The zero-order chi connectivity index (χ0) is 18.0. The van der Waals surface area contributed by atoms with Crippen molar-refractivity contribution in [2.24, 2.45) is 4.99 Å². The Bertz CT molecular complexity index is 687. The van der Waals surface area contributed by atoms with Crippen molar-refractivity contribution in [3.8, 4) is 0 Å². The van der Waals surface area contributed by atoms with Gasteiger partial charge in [0, 0.05) is 32.2 Å². The number of nitrogens with zero attached hydrogens (tertiary/aromatic N) is 3. The molecule has 0 amide bonds. The van der Waals surface area contributed by atoms with E-state index in [4.69, 9.17) is 14.3 Å². The lowest BCUT2D eigenvalue weighted by Crippen LogP contribution is -2.37. The van der Waals surface area contributed by atoms with Gasteiger partial charge in [-0.25, -0.2) is 4.99 Å². The second kappa shape index (κ2) is 11.9. The fourth-order valence-electron chi connectivity index (χ4n) is 2.88. The molecule has 0 bridgehead atoms. The van der Waals surface area contributed by atoms with Crippen molar-refractivity contribution in [2.45, 2.75) is 26.6 Å². The first-order chi connectivity index (χ1) is 12.8. The molecule has 2 N–H and O–H groups in total. The van der Waals surface area contributed by atoms with Gasteiger partial charge in [0.05, 0.1) is 26.3 Å². The van der Waals surface area contributed by atoms with Gasteiger partial charge in [0.15, 0.2) is 5.96 Å². The zero-order valence-corrected chi connectivity index (χ0v) is 18.0. The Morgan fingerprint density at radius 1 is 1.15 bits per heavy atom. The first kappa shape index (κ1) is 21.6. The minimum absolute atomic E-state index is 0. The van der Waals surface area contributed by atoms with Crippen LogP contribution in [0, 0.1) is 0 Å². The minimum Gasteiger partial charge on any atom is -0.379 e. The highest BCUT2D eigenvalue weighted by molar-refractivity contribution is 14.0. The molecule has 8 heteroatoms. The number of morpholine rings is 1. The number of guanidine groups is 1. The first-order valence-corrected chi connectivity index (χ1v) is 9.13. The fraction of sp³-hybridized carbons (Fsp3) is 0.474. The van der Waals surface area contributed by atoms with Gasteiger partial charge in [0.1, 0.15) is 12.0 Å². The summed E-state index contributed by atoms with van der Waals surface area (Å²) in [4.78, 5) is 7.16. The molecule has 0 saturated carbocycles. The Morgan fingerprint density at radius 2 is 1.93 bits per heavy atom. The van der Waals surface area contributed by atoms with E-state index >= 15 is 0 Å². The van der Waals surface area contributed by atoms with Gasteiger partial charge in [-0.2, -0.15) is 0 Å². The van der Waals surface area contributed by atoms with Crippen LogP contribution in [0.3, 0.4) is 0 Å². The molecule has 2 heterocycles. The number of halogens is 1. The summed E-state index contributed by atoms with van der Waals surface area (Å²) < 4.78 is 10.3. The van der Waals surface area contributed by atoms with E-state index in [1.54, 1.807) is 6.26 Å². The molecular weight excluding hydrogens is 457 g/mol. The number of benzene rings is 1. The third-order valence-corrected chi connectivity index (χ3v) is 4.30. The summed E-state index contributed by atoms with van der Waals surface area (Å²) in [5.41, 5.74) is 3.42. The molecule has 1 aromatic heterocycles. The highest BCUT2D eigenvalue weighted by Crippen LogP contribution is 2.14. The van der Waals surface area contributed by atoms with Crippen molar-refractivity contribution in [3.63, 3.8) is 0 Å². The zero-order valence-electron chi connectivity index (χ0n) is 15.7. The molecular formula is C19H28IN5O2. The molecule has 1 fully saturated rings. The maximum atomic E-state index is 5.44. The Morgan fingerprint density at radius 3 is 2.63 bits per heavy atom. The number of nitrogens with one attached hydrogen (secondary N) is 2. The average Bonchev–Trinajstić information content (AvgIpc) is 3.19. The molecule has 7 nitrogen and oxygen atoms in total. The van der Waals surface area contributed by atoms with E-state index in [1.807, 2.05) is 6.07 Å². The van der Waals surface area contributed by atoms with Crippen LogP contribution in [-0.4, -0.2) is 48.9 Å². The van der Waals surface area contributed by atoms with Crippen LogP contribution in [-0.2, 0) is 24.4 Å². The van der Waals surface area contributed by atoms with Crippen LogP contribution in [0.5, 0.6) is 0 Å². The molecule has 0 aliphatic carbocycles. The predicted octanol–water partition coefficient (Wildman–Crippen LogP) is 2.38. The van der Waals surface area contributed by atoms with Gasteiger partial charge in [0.25, 0.3) is 0 Å². The number of aliphatic imine (C=N–C) groups is 1. The molecule has 1 aliphatic rings. The van der Waals surface area contributed by atoms with E-state index in [-0.39, 0.29) is 24.0 Å². The number of rotatable bonds is 7. The predicted molar refractivity (Wildman–Crippen MR) is 116 cm³/mol. The van der Waals surface area contributed by atoms with Crippen LogP contribution in [0.4, 0.5) is 0 Å². The standard InChI is InChI=1S/C19H27N5O2.HI/c1-2-20-19(22-14-18-7-10-26-23-18)21-13-16-5-3-4-6-17(16)15-24-8-11-25-12-9-24;/h3-7,10H,2,8-9,11-15H2,1H3,(H2,20,21,22);1H. The summed E-state index contributed by atoms with van der Waals surface area (Å²) in [5, 5.41) is 10.5. The lowest BCUT2D eigenvalue weighted by atomic mass is 10.1. The molecule has 0 radical (unpaired) electrons. The molecule has 0 atom stereocenters. The second-order valence-electron chi connectivity index (χ2n) is 6.20. The average molecular weight is 485 g/mol. The van der Waals surface area contributed by atoms with Crippen LogP contribution in [0.1, 0.15) is 23.7 Å². The van der Waals surface area contributed by atoms with E-state index in [2.05, 4.69) is 51.9 Å². The Labute approximate surface area is 177 Å². The quantitative estimate of drug-likeness (QED) is 0.357. The van der Waals surface area contributed by atoms with Gasteiger partial charge < -0.3 is 19.9 Å². The van der Waals surface area contributed by atoms with E-state index < -0.39 is 0 Å². The number of hydrogen-bond acceptors (Lipinski definition) is 5. The Kier molecular flexibility index (Phi) is 9.57. The van der Waals surface area contributed by atoms with Gasteiger partial charge in [-0.15, -0.1) is 24.0 Å². The largest absolute Gasteiger partial charge is 0.379 e. The molecule has 27 heavy (non-hydrogen) atoms. The van der Waals surface area contributed by atoms with Crippen molar-refractivity contribution in [2.75, 3.05) is 32.8 Å². The highest BCUT2D eigenvalue weighted by atomic mass is 127. The van der Waals surface area contributed by atoms with Crippen LogP contribution < -0.4 is 10.6 Å². The summed E-state index contributed by atoms with van der Waals surface area (Å²) in [6, 6.07) is 10.4. The monoisotopic (exact) mass is 485 g/mol. The van der Waals surface area contributed by atoms with Gasteiger partial charge in [-0.3, -0.25) is 4.90 Å². The van der Waals surface area contributed by atoms with E-state index in [1.165, 1.54) is 11.1 Å². The molecule has 2 aromatic rings. The van der Waals surface area contributed by atoms with Gasteiger partial charge in [-0.05, 0) is 18.1 Å². The van der Waals surface area contributed by atoms with Gasteiger partial charge >= 0.3 is 0 Å². The molecule has 1 aromatic carbocycles. The molecule has 1 aliphatic heterocycles. The lowest BCUT2D eigenvalue weighted by Gasteiger charge is -2.27. The topological polar surface area (TPSA) is 74.9 Å². The lowest BCUT2D eigenvalue weighted by molar-refractivity contribution is 0.0341. The maximum absolute atomic E-state index is 5.44. The van der Waals surface area contributed by atoms with E-state index in [9.17, 15) is 0 Å². The number of aromatic nitrogens is 1. The van der Waals surface area contributed by atoms with Gasteiger partial charge in [0.2, 0.25) is 0 Å². The third-order valence-electron chi connectivity index (χ3n) is 4.30. The molecule has 0 spiro atoms. The minimum atomic E-state index is 0. The Hall–Kier alpha value is -1.65. The fourth-order valence-corrected chi connectivity index (χ4v) is 2.88. The molecule has 1 saturated heterocycles. The second-order valence-corrected chi connectivity index (χ2v) is 6.20. The summed E-state index contributed by atoms with van der Waals surface area (Å²) in [5.74, 6) is 0.775.